The van der Waals surface area contributed by atoms with Crippen LogP contribution < -0.4 is 5.32 Å². The molecule has 0 unspecified atom stereocenters. The maximum Gasteiger partial charge on any atom is 0.317 e. The van der Waals surface area contributed by atoms with E-state index in [9.17, 15) is 9.59 Å². The van der Waals surface area contributed by atoms with Crippen LogP contribution >= 0.6 is 23.1 Å². The van der Waals surface area contributed by atoms with Crippen molar-refractivity contribution in [3.8, 4) is 0 Å². The van der Waals surface area contributed by atoms with E-state index >= 15 is 0 Å². The van der Waals surface area contributed by atoms with Gasteiger partial charge < -0.3 is 10.1 Å². The van der Waals surface area contributed by atoms with Crippen LogP contribution in [0.15, 0.2) is 47.1 Å². The summed E-state index contributed by atoms with van der Waals surface area (Å²) in [4.78, 5) is 33.9. The zero-order valence-corrected chi connectivity index (χ0v) is 17.5. The molecule has 0 saturated heterocycles. The summed E-state index contributed by atoms with van der Waals surface area (Å²) in [7, 11) is 0. The number of hydrogen-bond acceptors (Lipinski definition) is 7. The van der Waals surface area contributed by atoms with Crippen molar-refractivity contribution >= 4 is 50.9 Å². The summed E-state index contributed by atoms with van der Waals surface area (Å²) < 4.78 is 5.29. The van der Waals surface area contributed by atoms with Gasteiger partial charge in [-0.25, -0.2) is 9.97 Å². The summed E-state index contributed by atoms with van der Waals surface area (Å²) in [5.74, 6) is -0.477. The third-order valence-corrected chi connectivity index (χ3v) is 5.87. The number of anilines is 1. The number of nitrogens with one attached hydrogen (secondary N) is 1. The lowest BCUT2D eigenvalue weighted by molar-refractivity contribution is -0.150. The maximum atomic E-state index is 12.4. The average Bonchev–Trinajstić information content (AvgIpc) is 3.16. The number of amides is 1. The number of fused-ring (bicyclic) bond motifs is 1. The highest BCUT2D eigenvalue weighted by Crippen LogP contribution is 2.28. The molecule has 2 aromatic heterocycles. The molecular formula is C20H21N3O3S2. The zero-order chi connectivity index (χ0) is 20.1. The van der Waals surface area contributed by atoms with E-state index in [1.807, 2.05) is 35.7 Å². The molecule has 6 nitrogen and oxygen atoms in total. The van der Waals surface area contributed by atoms with Crippen molar-refractivity contribution in [3.63, 3.8) is 0 Å². The van der Waals surface area contributed by atoms with Gasteiger partial charge in [-0.2, -0.15) is 0 Å². The Kier molecular flexibility index (Phi) is 6.64. The highest BCUT2D eigenvalue weighted by atomic mass is 32.2. The largest absolute Gasteiger partial charge is 0.452 e. The summed E-state index contributed by atoms with van der Waals surface area (Å²) in [5.41, 5.74) is 1.77. The van der Waals surface area contributed by atoms with Crippen molar-refractivity contribution in [2.45, 2.75) is 37.8 Å². The molecule has 1 atom stereocenters. The number of thiophene rings is 1. The third-order valence-electron chi connectivity index (χ3n) is 4.07. The molecule has 8 heteroatoms. The second-order valence-electron chi connectivity index (χ2n) is 6.47. The lowest BCUT2D eigenvalue weighted by Crippen LogP contribution is -2.30. The molecular weight excluding hydrogens is 394 g/mol. The minimum absolute atomic E-state index is 0.0716. The number of para-hydroxylation sites is 1. The van der Waals surface area contributed by atoms with Gasteiger partial charge in [0.2, 0.25) is 0 Å². The molecule has 0 saturated carbocycles. The van der Waals surface area contributed by atoms with Gasteiger partial charge in [0.15, 0.2) is 6.10 Å². The van der Waals surface area contributed by atoms with Gasteiger partial charge >= 0.3 is 5.97 Å². The minimum atomic E-state index is -0.889. The summed E-state index contributed by atoms with van der Waals surface area (Å²) in [6.45, 7) is 5.68. The molecule has 0 bridgehead atoms. The third kappa shape index (κ3) is 4.88. The molecule has 0 spiro atoms. The van der Waals surface area contributed by atoms with E-state index in [2.05, 4.69) is 29.1 Å². The lowest BCUT2D eigenvalue weighted by Gasteiger charge is -2.17. The Bertz CT molecular complexity index is 987. The van der Waals surface area contributed by atoms with Gasteiger partial charge in [-0.15, -0.1) is 11.3 Å². The molecule has 146 valence electrons. The van der Waals surface area contributed by atoms with Gasteiger partial charge in [-0.05, 0) is 35.9 Å². The Hall–Kier alpha value is -2.45. The lowest BCUT2D eigenvalue weighted by atomic mass is 10.0. The number of thioether (sulfide) groups is 1. The number of benzene rings is 1. The van der Waals surface area contributed by atoms with Crippen LogP contribution in [0.3, 0.4) is 0 Å². The first kappa shape index (κ1) is 20.3. The highest BCUT2D eigenvalue weighted by molar-refractivity contribution is 8.00. The van der Waals surface area contributed by atoms with Crippen molar-refractivity contribution in [2.24, 2.45) is 0 Å². The Balaban J connectivity index is 1.55. The number of hydrogen-bond donors (Lipinski definition) is 1. The van der Waals surface area contributed by atoms with Crippen LogP contribution in [0.4, 0.5) is 5.69 Å². The molecule has 1 N–H and O–H groups in total. The first-order chi connectivity index (χ1) is 13.5. The molecule has 0 aliphatic rings. The molecule has 0 aliphatic heterocycles. The number of carbonyl (C=O) groups excluding carboxylic acids is 2. The minimum Gasteiger partial charge on any atom is -0.452 e. The van der Waals surface area contributed by atoms with Crippen LogP contribution in [0.25, 0.3) is 10.2 Å². The second kappa shape index (κ2) is 9.16. The first-order valence-electron chi connectivity index (χ1n) is 8.86. The van der Waals surface area contributed by atoms with Crippen LogP contribution in [0.1, 0.15) is 32.3 Å². The maximum absolute atomic E-state index is 12.4. The number of ether oxygens (including phenoxy) is 1. The Labute approximate surface area is 171 Å². The van der Waals surface area contributed by atoms with Gasteiger partial charge in [0.25, 0.3) is 5.91 Å². The monoisotopic (exact) mass is 415 g/mol. The van der Waals surface area contributed by atoms with Crippen molar-refractivity contribution < 1.29 is 14.3 Å². The number of aromatic nitrogens is 2. The standard InChI is InChI=1S/C20H21N3O3S2/c1-12(2)14-6-4-5-7-16(14)23-18(25)13(3)26-17(24)10-28-20-15-8-9-27-19(15)21-11-22-20/h4-9,11-13H,10H2,1-3H3,(H,23,25)/t13-/m0/s1. The van der Waals surface area contributed by atoms with Crippen LogP contribution in [-0.2, 0) is 14.3 Å². The van der Waals surface area contributed by atoms with Crippen molar-refractivity contribution in [2.75, 3.05) is 11.1 Å². The van der Waals surface area contributed by atoms with Gasteiger partial charge in [-0.1, -0.05) is 43.8 Å². The fourth-order valence-corrected chi connectivity index (χ4v) is 4.20. The first-order valence-corrected chi connectivity index (χ1v) is 10.7. The number of esters is 1. The highest BCUT2D eigenvalue weighted by Gasteiger charge is 2.20. The van der Waals surface area contributed by atoms with Crippen LogP contribution in [0.5, 0.6) is 0 Å². The molecule has 3 aromatic rings. The van der Waals surface area contributed by atoms with E-state index in [4.69, 9.17) is 4.74 Å². The van der Waals surface area contributed by atoms with Gasteiger partial charge in [0.1, 0.15) is 16.2 Å². The molecule has 0 aliphatic carbocycles. The van der Waals surface area contributed by atoms with Crippen molar-refractivity contribution in [1.29, 1.82) is 0 Å². The SMILES string of the molecule is CC(C)c1ccccc1NC(=O)[C@H](C)OC(=O)CSc1ncnc2sccc12. The van der Waals surface area contributed by atoms with Gasteiger partial charge in [0, 0.05) is 11.1 Å². The van der Waals surface area contributed by atoms with E-state index in [1.165, 1.54) is 29.4 Å². The van der Waals surface area contributed by atoms with Gasteiger partial charge in [-0.3, -0.25) is 9.59 Å². The van der Waals surface area contributed by atoms with Crippen molar-refractivity contribution in [3.05, 3.63) is 47.6 Å². The predicted molar refractivity (Wildman–Crippen MR) is 113 cm³/mol. The summed E-state index contributed by atoms with van der Waals surface area (Å²) in [5, 5.41) is 6.43. The molecule has 0 radical (unpaired) electrons. The van der Waals surface area contributed by atoms with Crippen molar-refractivity contribution in [1.82, 2.24) is 9.97 Å². The molecule has 1 amide bonds. The fourth-order valence-electron chi connectivity index (χ4n) is 2.64. The van der Waals surface area contributed by atoms with Crippen LogP contribution in [0.2, 0.25) is 0 Å². The molecule has 28 heavy (non-hydrogen) atoms. The molecule has 1 aromatic carbocycles. The topological polar surface area (TPSA) is 81.2 Å². The average molecular weight is 416 g/mol. The predicted octanol–water partition coefficient (Wildman–Crippen LogP) is 4.48. The quantitative estimate of drug-likeness (QED) is 0.348. The summed E-state index contributed by atoms with van der Waals surface area (Å²) in [6, 6.07) is 9.54. The normalized spacial score (nSPS) is 12.1. The molecule has 0 fully saturated rings. The summed E-state index contributed by atoms with van der Waals surface area (Å²) in [6.07, 6.45) is 0.592. The zero-order valence-electron chi connectivity index (χ0n) is 15.8. The fraction of sp³-hybridized carbons (Fsp3) is 0.300. The van der Waals surface area contributed by atoms with Crippen LogP contribution in [0, 0.1) is 0 Å². The Morgan fingerprint density at radius 1 is 1.18 bits per heavy atom. The van der Waals surface area contributed by atoms with E-state index in [1.54, 1.807) is 6.92 Å². The number of nitrogens with zero attached hydrogens (tertiary/aromatic N) is 2. The summed E-state index contributed by atoms with van der Waals surface area (Å²) >= 11 is 2.80. The van der Waals surface area contributed by atoms with Gasteiger partial charge in [0.05, 0.1) is 5.75 Å². The number of rotatable bonds is 7. The van der Waals surface area contributed by atoms with E-state index in [0.29, 0.717) is 0 Å². The van der Waals surface area contributed by atoms with E-state index in [0.717, 1.165) is 26.5 Å². The molecule has 2 heterocycles. The smallest absolute Gasteiger partial charge is 0.317 e. The second-order valence-corrected chi connectivity index (χ2v) is 8.33. The van der Waals surface area contributed by atoms with E-state index < -0.39 is 12.1 Å². The number of carbonyl (C=O) groups is 2. The Morgan fingerprint density at radius 2 is 1.96 bits per heavy atom. The van der Waals surface area contributed by atoms with E-state index in [-0.39, 0.29) is 17.6 Å². The van der Waals surface area contributed by atoms with Crippen LogP contribution in [-0.4, -0.2) is 33.7 Å². The Morgan fingerprint density at radius 3 is 2.75 bits per heavy atom. The molecule has 3 rings (SSSR count).